The topological polar surface area (TPSA) is 112 Å². The molecule has 0 aliphatic carbocycles. The Morgan fingerprint density at radius 3 is 2.38 bits per heavy atom. The number of carbonyl (C=O) groups excluding carboxylic acids is 2. The number of imidazole rings is 1. The number of hydrogen-bond donors (Lipinski definition) is 2. The molecule has 1 aliphatic rings. The van der Waals surface area contributed by atoms with Crippen molar-refractivity contribution in [1.82, 2.24) is 14.9 Å². The lowest BCUT2D eigenvalue weighted by Gasteiger charge is -2.32. The highest BCUT2D eigenvalue weighted by Crippen LogP contribution is 2.36. The molecule has 1 aromatic heterocycles. The number of ether oxygens (including phenoxy) is 2. The summed E-state index contributed by atoms with van der Waals surface area (Å²) in [5.41, 5.74) is 12.3. The molecule has 2 amide bonds. The van der Waals surface area contributed by atoms with Crippen LogP contribution in [0.5, 0.6) is 11.5 Å². The molecule has 6 rings (SSSR count). The fraction of sp³-hybridized carbons (Fsp3) is 0.194. The summed E-state index contributed by atoms with van der Waals surface area (Å²) in [4.78, 5) is 32.4. The van der Waals surface area contributed by atoms with E-state index in [9.17, 15) is 9.59 Å². The first-order chi connectivity index (χ1) is 22.0. The average molecular weight is 602 g/mol. The average Bonchev–Trinajstić information content (AvgIpc) is 3.51. The first-order valence-corrected chi connectivity index (χ1v) is 14.9. The van der Waals surface area contributed by atoms with Gasteiger partial charge >= 0.3 is 0 Å². The zero-order chi connectivity index (χ0) is 31.2. The predicted molar refractivity (Wildman–Crippen MR) is 173 cm³/mol. The van der Waals surface area contributed by atoms with Crippen molar-refractivity contribution in [2.24, 2.45) is 5.73 Å². The van der Waals surface area contributed by atoms with Gasteiger partial charge in [0.1, 0.15) is 18.4 Å². The number of amides is 2. The lowest BCUT2D eigenvalue weighted by Crippen LogP contribution is -2.46. The molecule has 0 spiro atoms. The molecule has 1 atom stereocenters. The third kappa shape index (κ3) is 6.83. The number of fused-ring (bicyclic) bond motifs is 1. The number of nitrogens with one attached hydrogen (secondary N) is 1. The molecule has 0 bridgehead atoms. The summed E-state index contributed by atoms with van der Waals surface area (Å²) in [7, 11) is 1.59. The largest absolute Gasteiger partial charge is 0.497 e. The van der Waals surface area contributed by atoms with E-state index >= 15 is 0 Å². The molecule has 2 heterocycles. The van der Waals surface area contributed by atoms with Crippen molar-refractivity contribution in [3.8, 4) is 22.6 Å². The molecule has 1 unspecified atom stereocenters. The third-order valence-corrected chi connectivity index (χ3v) is 8.00. The minimum absolute atomic E-state index is 0.256. The number of nitrogens with two attached hydrogens (primary N) is 1. The van der Waals surface area contributed by atoms with Crippen LogP contribution in [0.3, 0.4) is 0 Å². The van der Waals surface area contributed by atoms with Gasteiger partial charge in [-0.15, -0.1) is 0 Å². The Labute approximate surface area is 262 Å². The van der Waals surface area contributed by atoms with Crippen LogP contribution in [0.25, 0.3) is 11.1 Å². The van der Waals surface area contributed by atoms with Crippen molar-refractivity contribution in [2.45, 2.75) is 25.6 Å². The van der Waals surface area contributed by atoms with Crippen molar-refractivity contribution < 1.29 is 19.1 Å². The number of aromatic nitrogens is 2. The molecule has 0 fully saturated rings. The highest BCUT2D eigenvalue weighted by atomic mass is 16.5. The van der Waals surface area contributed by atoms with E-state index in [0.717, 1.165) is 16.9 Å². The summed E-state index contributed by atoms with van der Waals surface area (Å²) in [6, 6.07) is 30.8. The summed E-state index contributed by atoms with van der Waals surface area (Å²) in [5, 5.41) is 2.81. The van der Waals surface area contributed by atoms with Crippen molar-refractivity contribution in [1.29, 1.82) is 0 Å². The maximum Gasteiger partial charge on any atom is 0.255 e. The molecule has 4 aromatic carbocycles. The number of primary amides is 1. The van der Waals surface area contributed by atoms with Gasteiger partial charge in [-0.25, -0.2) is 4.98 Å². The molecule has 3 N–H and O–H groups in total. The second-order valence-electron chi connectivity index (χ2n) is 11.0. The third-order valence-electron chi connectivity index (χ3n) is 8.00. The second kappa shape index (κ2) is 13.4. The molecule has 9 nitrogen and oxygen atoms in total. The molecular formula is C36H35N5O4. The quantitative estimate of drug-likeness (QED) is 0.224. The number of nitrogens with zero attached hydrogens (tertiary/aromatic N) is 3. The minimum Gasteiger partial charge on any atom is -0.497 e. The fourth-order valence-electron chi connectivity index (χ4n) is 5.55. The lowest BCUT2D eigenvalue weighted by atomic mass is 10.0. The molecule has 0 saturated heterocycles. The van der Waals surface area contributed by atoms with Gasteiger partial charge in [0.05, 0.1) is 43.5 Å². The Morgan fingerprint density at radius 1 is 0.911 bits per heavy atom. The molecular weight excluding hydrogens is 566 g/mol. The highest BCUT2D eigenvalue weighted by Gasteiger charge is 2.27. The molecule has 0 saturated carbocycles. The van der Waals surface area contributed by atoms with Gasteiger partial charge < -0.3 is 30.0 Å². The minimum atomic E-state index is -0.891. The van der Waals surface area contributed by atoms with E-state index in [0.29, 0.717) is 43.3 Å². The van der Waals surface area contributed by atoms with Gasteiger partial charge in [-0.05, 0) is 46.5 Å². The van der Waals surface area contributed by atoms with Crippen LogP contribution in [0.1, 0.15) is 27.2 Å². The maximum atomic E-state index is 13.5. The molecule has 0 radical (unpaired) electrons. The molecule has 1 aliphatic heterocycles. The zero-order valence-corrected chi connectivity index (χ0v) is 25.1. The highest BCUT2D eigenvalue weighted by molar-refractivity contribution is 6.01. The van der Waals surface area contributed by atoms with Crippen LogP contribution in [0.15, 0.2) is 110 Å². The second-order valence-corrected chi connectivity index (χ2v) is 11.0. The Hall–Kier alpha value is -5.57. The van der Waals surface area contributed by atoms with Crippen molar-refractivity contribution >= 4 is 17.5 Å². The number of benzene rings is 4. The number of carbonyl (C=O) groups is 2. The van der Waals surface area contributed by atoms with Gasteiger partial charge in [0.25, 0.3) is 5.91 Å². The van der Waals surface area contributed by atoms with Crippen LogP contribution in [0.4, 0.5) is 5.69 Å². The summed E-state index contributed by atoms with van der Waals surface area (Å²) in [6.45, 7) is 2.34. The van der Waals surface area contributed by atoms with Crippen LogP contribution >= 0.6 is 0 Å². The van der Waals surface area contributed by atoms with E-state index in [-0.39, 0.29) is 6.42 Å². The van der Waals surface area contributed by atoms with Crippen LogP contribution in [0, 0.1) is 0 Å². The molecule has 5 aromatic rings. The Bertz CT molecular complexity index is 1770. The summed E-state index contributed by atoms with van der Waals surface area (Å²) in [5.74, 6) is 0.150. The monoisotopic (exact) mass is 601 g/mol. The number of methoxy groups -OCH3 is 1. The number of para-hydroxylation sites is 1. The normalized spacial score (nSPS) is 13.0. The standard InChI is InChI=1S/C36H35N5O4/c1-44-30-16-12-25(13-17-30)20-32(35(37)42)39-36(43)31-8-5-9-33-34(31)45-19-18-40(33)23-29-21-38-24-41(29)22-26-10-14-28(15-11-26)27-6-3-2-4-7-27/h2-17,21,24,32H,18-20,22-23H2,1H3,(H2,37,42)(H,39,43). The fourth-order valence-corrected chi connectivity index (χ4v) is 5.55. The van der Waals surface area contributed by atoms with Gasteiger partial charge in [-0.3, -0.25) is 9.59 Å². The van der Waals surface area contributed by atoms with Crippen molar-refractivity contribution in [3.63, 3.8) is 0 Å². The van der Waals surface area contributed by atoms with E-state index in [4.69, 9.17) is 15.2 Å². The smallest absolute Gasteiger partial charge is 0.255 e. The molecule has 228 valence electrons. The van der Waals surface area contributed by atoms with Crippen LogP contribution in [0.2, 0.25) is 0 Å². The van der Waals surface area contributed by atoms with Gasteiger partial charge in [-0.2, -0.15) is 0 Å². The maximum absolute atomic E-state index is 13.5. The van der Waals surface area contributed by atoms with Gasteiger partial charge in [0.2, 0.25) is 5.91 Å². The van der Waals surface area contributed by atoms with E-state index in [1.807, 2.05) is 55.0 Å². The van der Waals surface area contributed by atoms with Crippen molar-refractivity contribution in [2.75, 3.05) is 25.2 Å². The van der Waals surface area contributed by atoms with E-state index in [2.05, 4.69) is 56.2 Å². The Morgan fingerprint density at radius 2 is 1.64 bits per heavy atom. The Balaban J connectivity index is 1.15. The van der Waals surface area contributed by atoms with Gasteiger partial charge in [0.15, 0.2) is 5.75 Å². The number of rotatable bonds is 11. The van der Waals surface area contributed by atoms with Crippen LogP contribution in [-0.2, 0) is 24.3 Å². The first-order valence-electron chi connectivity index (χ1n) is 14.9. The van der Waals surface area contributed by atoms with E-state index in [1.165, 1.54) is 16.7 Å². The van der Waals surface area contributed by atoms with E-state index < -0.39 is 17.9 Å². The first kappa shape index (κ1) is 29.5. The van der Waals surface area contributed by atoms with Gasteiger partial charge in [-0.1, -0.05) is 72.8 Å². The predicted octanol–water partition coefficient (Wildman–Crippen LogP) is 4.83. The zero-order valence-electron chi connectivity index (χ0n) is 25.1. The molecule has 9 heteroatoms. The Kier molecular flexibility index (Phi) is 8.77. The van der Waals surface area contributed by atoms with Crippen molar-refractivity contribution in [3.05, 3.63) is 132 Å². The number of hydrogen-bond acceptors (Lipinski definition) is 6. The van der Waals surface area contributed by atoms with Crippen LogP contribution < -0.4 is 25.4 Å². The molecule has 45 heavy (non-hydrogen) atoms. The summed E-state index contributed by atoms with van der Waals surface area (Å²) < 4.78 is 13.4. The lowest BCUT2D eigenvalue weighted by molar-refractivity contribution is -0.119. The summed E-state index contributed by atoms with van der Waals surface area (Å²) in [6.07, 6.45) is 3.98. The summed E-state index contributed by atoms with van der Waals surface area (Å²) >= 11 is 0. The van der Waals surface area contributed by atoms with Gasteiger partial charge in [0, 0.05) is 19.2 Å². The SMILES string of the molecule is COc1ccc(CC(NC(=O)c2cccc3c2OCCN3Cc2cncn2Cc2ccc(-c3ccccc3)cc2)C(N)=O)cc1. The van der Waals surface area contributed by atoms with Crippen LogP contribution in [-0.4, -0.2) is 47.7 Å². The van der Waals surface area contributed by atoms with E-state index in [1.54, 1.807) is 25.3 Å². The number of anilines is 1.